The van der Waals surface area contributed by atoms with E-state index in [-0.39, 0.29) is 6.03 Å². The summed E-state index contributed by atoms with van der Waals surface area (Å²) in [7, 11) is 1.60. The number of aromatic nitrogens is 2. The van der Waals surface area contributed by atoms with Crippen LogP contribution in [-0.4, -0.2) is 78.7 Å². The summed E-state index contributed by atoms with van der Waals surface area (Å²) in [6, 6.07) is 10.7. The van der Waals surface area contributed by atoms with Crippen LogP contribution in [-0.2, 0) is 6.54 Å². The first-order valence-corrected chi connectivity index (χ1v) is 11.6. The van der Waals surface area contributed by atoms with Crippen molar-refractivity contribution in [3.8, 4) is 5.75 Å². The monoisotopic (exact) mass is 438 g/mol. The van der Waals surface area contributed by atoms with Crippen molar-refractivity contribution in [2.24, 2.45) is 5.92 Å². The lowest BCUT2D eigenvalue weighted by molar-refractivity contribution is 0.169. The summed E-state index contributed by atoms with van der Waals surface area (Å²) in [4.78, 5) is 27.8. The van der Waals surface area contributed by atoms with Gasteiger partial charge >= 0.3 is 6.03 Å². The molecule has 4 rings (SSSR count). The molecule has 1 aromatic carbocycles. The van der Waals surface area contributed by atoms with Crippen LogP contribution >= 0.6 is 0 Å². The van der Waals surface area contributed by atoms with Crippen LogP contribution in [0.3, 0.4) is 0 Å². The number of piperidine rings is 1. The highest BCUT2D eigenvalue weighted by Gasteiger charge is 2.23. The first-order chi connectivity index (χ1) is 15.7. The second-order valence-electron chi connectivity index (χ2n) is 8.62. The summed E-state index contributed by atoms with van der Waals surface area (Å²) < 4.78 is 5.11. The molecule has 3 heterocycles. The van der Waals surface area contributed by atoms with Gasteiger partial charge in [-0.15, -0.1) is 0 Å². The van der Waals surface area contributed by atoms with Gasteiger partial charge in [-0.3, -0.25) is 4.90 Å². The Morgan fingerprint density at radius 2 is 1.72 bits per heavy atom. The van der Waals surface area contributed by atoms with E-state index in [2.05, 4.69) is 55.4 Å². The first kappa shape index (κ1) is 22.3. The Morgan fingerprint density at radius 1 is 1.03 bits per heavy atom. The van der Waals surface area contributed by atoms with Crippen LogP contribution in [0.25, 0.3) is 0 Å². The van der Waals surface area contributed by atoms with E-state index in [4.69, 9.17) is 4.74 Å². The van der Waals surface area contributed by atoms with Crippen molar-refractivity contribution in [1.29, 1.82) is 0 Å². The van der Waals surface area contributed by atoms with E-state index < -0.39 is 0 Å². The number of urea groups is 1. The predicted octanol–water partition coefficient (Wildman–Crippen LogP) is 2.62. The fourth-order valence-electron chi connectivity index (χ4n) is 4.46. The minimum atomic E-state index is 0.0433. The molecule has 2 aromatic rings. The highest BCUT2D eigenvalue weighted by Crippen LogP contribution is 2.21. The van der Waals surface area contributed by atoms with Crippen molar-refractivity contribution >= 4 is 12.0 Å². The summed E-state index contributed by atoms with van der Waals surface area (Å²) >= 11 is 0. The maximum Gasteiger partial charge on any atom is 0.317 e. The summed E-state index contributed by atoms with van der Waals surface area (Å²) in [6.07, 6.45) is 6.83. The van der Waals surface area contributed by atoms with Crippen molar-refractivity contribution in [1.82, 2.24) is 25.1 Å². The Balaban J connectivity index is 1.11. The van der Waals surface area contributed by atoms with E-state index in [1.807, 2.05) is 4.90 Å². The number of amides is 2. The number of hydrogen-bond donors (Lipinski definition) is 1. The van der Waals surface area contributed by atoms with E-state index in [0.717, 1.165) is 45.7 Å². The van der Waals surface area contributed by atoms with E-state index in [9.17, 15) is 4.79 Å². The molecule has 1 aromatic heterocycles. The summed E-state index contributed by atoms with van der Waals surface area (Å²) in [5, 5.41) is 3.13. The molecule has 2 aliphatic heterocycles. The van der Waals surface area contributed by atoms with Gasteiger partial charge in [0.2, 0.25) is 5.95 Å². The molecule has 2 amide bonds. The smallest absolute Gasteiger partial charge is 0.317 e. The van der Waals surface area contributed by atoms with Gasteiger partial charge in [0, 0.05) is 39.3 Å². The molecule has 8 nitrogen and oxygen atoms in total. The highest BCUT2D eigenvalue weighted by atomic mass is 16.5. The first-order valence-electron chi connectivity index (χ1n) is 11.6. The fraction of sp³-hybridized carbons (Fsp3) is 0.542. The molecule has 1 N–H and O–H groups in total. The topological polar surface area (TPSA) is 73.8 Å². The maximum absolute atomic E-state index is 12.6. The van der Waals surface area contributed by atoms with Gasteiger partial charge in [-0.2, -0.15) is 0 Å². The Kier molecular flexibility index (Phi) is 7.77. The molecular weight excluding hydrogens is 404 g/mol. The number of carbonyl (C=O) groups is 1. The van der Waals surface area contributed by atoms with Crippen LogP contribution in [0.15, 0.2) is 42.7 Å². The van der Waals surface area contributed by atoms with Gasteiger partial charge < -0.3 is 19.9 Å². The Hall–Kier alpha value is -2.87. The van der Waals surface area contributed by atoms with Crippen molar-refractivity contribution in [2.75, 3.05) is 57.8 Å². The number of benzene rings is 1. The van der Waals surface area contributed by atoms with Crippen LogP contribution in [0.2, 0.25) is 0 Å². The van der Waals surface area contributed by atoms with Crippen LogP contribution in [0.1, 0.15) is 24.8 Å². The average molecular weight is 439 g/mol. The summed E-state index contributed by atoms with van der Waals surface area (Å²) in [5.41, 5.74) is 1.39. The van der Waals surface area contributed by atoms with Crippen molar-refractivity contribution < 1.29 is 9.53 Å². The predicted molar refractivity (Wildman–Crippen MR) is 125 cm³/mol. The number of nitrogens with zero attached hydrogens (tertiary/aromatic N) is 5. The lowest BCUT2D eigenvalue weighted by Gasteiger charge is -2.35. The molecule has 172 valence electrons. The van der Waals surface area contributed by atoms with Gasteiger partial charge in [-0.05, 0) is 43.8 Å². The third kappa shape index (κ3) is 6.09. The number of anilines is 1. The van der Waals surface area contributed by atoms with E-state index >= 15 is 0 Å². The molecule has 2 fully saturated rings. The molecule has 0 bridgehead atoms. The van der Waals surface area contributed by atoms with E-state index in [1.165, 1.54) is 18.4 Å². The molecule has 0 radical (unpaired) electrons. The number of rotatable bonds is 7. The molecular formula is C24H34N6O2. The van der Waals surface area contributed by atoms with Crippen molar-refractivity contribution in [2.45, 2.75) is 25.8 Å². The summed E-state index contributed by atoms with van der Waals surface area (Å²) in [5.74, 6) is 2.03. The summed E-state index contributed by atoms with van der Waals surface area (Å²) in [6.45, 7) is 6.91. The third-order valence-electron chi connectivity index (χ3n) is 6.48. The largest absolute Gasteiger partial charge is 0.494 e. The average Bonchev–Trinajstić information content (AvgIpc) is 2.86. The molecule has 0 saturated carbocycles. The van der Waals surface area contributed by atoms with Gasteiger partial charge in [0.25, 0.3) is 0 Å². The van der Waals surface area contributed by atoms with E-state index in [0.29, 0.717) is 30.7 Å². The Bertz CT molecular complexity index is 831. The third-order valence-corrected chi connectivity index (χ3v) is 6.48. The second-order valence-corrected chi connectivity index (χ2v) is 8.62. The van der Waals surface area contributed by atoms with Crippen molar-refractivity contribution in [3.63, 3.8) is 0 Å². The molecule has 32 heavy (non-hydrogen) atoms. The lowest BCUT2D eigenvalue weighted by Crippen LogP contribution is -2.52. The second kappa shape index (κ2) is 11.1. The van der Waals surface area contributed by atoms with Crippen LogP contribution in [0.4, 0.5) is 10.7 Å². The van der Waals surface area contributed by atoms with E-state index in [1.54, 1.807) is 19.5 Å². The van der Waals surface area contributed by atoms with Crippen LogP contribution in [0, 0.1) is 5.92 Å². The number of carbonyl (C=O) groups excluding carboxylic acids is 1. The number of ether oxygens (including phenoxy) is 1. The van der Waals surface area contributed by atoms with Gasteiger partial charge in [0.05, 0.1) is 19.5 Å². The number of piperazine rings is 1. The highest BCUT2D eigenvalue weighted by molar-refractivity contribution is 5.74. The zero-order chi connectivity index (χ0) is 22.2. The van der Waals surface area contributed by atoms with Gasteiger partial charge in [0.1, 0.15) is 0 Å². The molecule has 8 heteroatoms. The Morgan fingerprint density at radius 3 is 2.38 bits per heavy atom. The molecule has 0 aliphatic carbocycles. The maximum atomic E-state index is 12.6. The van der Waals surface area contributed by atoms with Crippen LogP contribution in [0.5, 0.6) is 5.75 Å². The Labute approximate surface area is 190 Å². The number of likely N-dealkylation sites (tertiary alicyclic amines) is 1. The fourth-order valence-corrected chi connectivity index (χ4v) is 4.46. The van der Waals surface area contributed by atoms with Gasteiger partial charge in [0.15, 0.2) is 5.75 Å². The minimum Gasteiger partial charge on any atom is -0.494 e. The van der Waals surface area contributed by atoms with Gasteiger partial charge in [-0.1, -0.05) is 30.3 Å². The molecule has 0 spiro atoms. The molecule has 2 aliphatic rings. The molecule has 0 atom stereocenters. The lowest BCUT2D eigenvalue weighted by atomic mass is 9.93. The minimum absolute atomic E-state index is 0.0433. The normalized spacial score (nSPS) is 17.9. The number of hydrogen-bond acceptors (Lipinski definition) is 6. The van der Waals surface area contributed by atoms with Crippen LogP contribution < -0.4 is 15.0 Å². The molecule has 2 saturated heterocycles. The SMILES string of the molecule is COc1cnc(N2CCN(C(=O)NCCC3CCN(Cc4ccccc4)CC3)CC2)nc1. The zero-order valence-electron chi connectivity index (χ0n) is 18.9. The number of methoxy groups -OCH3 is 1. The molecule has 0 unspecified atom stereocenters. The van der Waals surface area contributed by atoms with Gasteiger partial charge in [-0.25, -0.2) is 14.8 Å². The zero-order valence-corrected chi connectivity index (χ0v) is 18.9. The quantitative estimate of drug-likeness (QED) is 0.716. The standard InChI is InChI=1S/C24H34N6O2/c1-32-22-17-26-23(27-18-22)29-13-15-30(16-14-29)24(31)25-10-7-20-8-11-28(12-9-20)19-21-5-3-2-4-6-21/h2-6,17-18,20H,7-16,19H2,1H3,(H,25,31). The van der Waals surface area contributed by atoms with Crippen molar-refractivity contribution in [3.05, 3.63) is 48.3 Å². The number of nitrogens with one attached hydrogen (secondary N) is 1.